The summed E-state index contributed by atoms with van der Waals surface area (Å²) in [6.07, 6.45) is 0.648. The molecule has 1 fully saturated rings. The SMILES string of the molecule is CC1OCCC1CNCC(O)c1ccc([N+](=O)[O-])cc1. The first-order valence-electron chi connectivity index (χ1n) is 6.82. The summed E-state index contributed by atoms with van der Waals surface area (Å²) in [6.45, 7) is 4.11. The van der Waals surface area contributed by atoms with Gasteiger partial charge in [0, 0.05) is 31.8 Å². The molecule has 3 unspecified atom stereocenters. The number of benzene rings is 1. The Morgan fingerprint density at radius 3 is 2.75 bits per heavy atom. The fraction of sp³-hybridized carbons (Fsp3) is 0.571. The second kappa shape index (κ2) is 6.78. The number of aliphatic hydroxyl groups excluding tert-OH is 1. The number of nitro benzene ring substituents is 1. The van der Waals surface area contributed by atoms with Crippen molar-refractivity contribution in [3.05, 3.63) is 39.9 Å². The summed E-state index contributed by atoms with van der Waals surface area (Å²) in [5.74, 6) is 0.485. The Hall–Kier alpha value is -1.50. The van der Waals surface area contributed by atoms with Gasteiger partial charge in [-0.15, -0.1) is 0 Å². The first-order chi connectivity index (χ1) is 9.58. The average Bonchev–Trinajstić information content (AvgIpc) is 2.84. The third-order valence-corrected chi connectivity index (χ3v) is 3.77. The van der Waals surface area contributed by atoms with Crippen LogP contribution in [0.2, 0.25) is 0 Å². The van der Waals surface area contributed by atoms with Crippen molar-refractivity contribution in [2.75, 3.05) is 19.7 Å². The summed E-state index contributed by atoms with van der Waals surface area (Å²) >= 11 is 0. The molecule has 2 rings (SSSR count). The lowest BCUT2D eigenvalue weighted by Gasteiger charge is -2.17. The lowest BCUT2D eigenvalue weighted by molar-refractivity contribution is -0.384. The first kappa shape index (κ1) is 14.9. The minimum Gasteiger partial charge on any atom is -0.387 e. The van der Waals surface area contributed by atoms with Gasteiger partial charge in [0.15, 0.2) is 0 Å². The normalized spacial score (nSPS) is 23.7. The predicted molar refractivity (Wildman–Crippen MR) is 74.4 cm³/mol. The van der Waals surface area contributed by atoms with Gasteiger partial charge >= 0.3 is 0 Å². The molecule has 1 saturated heterocycles. The van der Waals surface area contributed by atoms with Crippen LogP contribution in [-0.4, -0.2) is 35.8 Å². The van der Waals surface area contributed by atoms with E-state index >= 15 is 0 Å². The van der Waals surface area contributed by atoms with Crippen LogP contribution in [0, 0.1) is 16.0 Å². The van der Waals surface area contributed by atoms with Crippen LogP contribution in [0.1, 0.15) is 25.0 Å². The zero-order chi connectivity index (χ0) is 14.5. The number of nitro groups is 1. The van der Waals surface area contributed by atoms with Crippen LogP contribution in [0.5, 0.6) is 0 Å². The molecular weight excluding hydrogens is 260 g/mol. The van der Waals surface area contributed by atoms with Crippen molar-refractivity contribution in [1.82, 2.24) is 5.32 Å². The van der Waals surface area contributed by atoms with Crippen LogP contribution in [0.3, 0.4) is 0 Å². The van der Waals surface area contributed by atoms with E-state index in [2.05, 4.69) is 12.2 Å². The quantitative estimate of drug-likeness (QED) is 0.611. The summed E-state index contributed by atoms with van der Waals surface area (Å²) in [5, 5.41) is 23.8. The lowest BCUT2D eigenvalue weighted by atomic mass is 10.0. The third kappa shape index (κ3) is 3.75. The van der Waals surface area contributed by atoms with E-state index < -0.39 is 11.0 Å². The molecule has 20 heavy (non-hydrogen) atoms. The molecule has 0 spiro atoms. The number of nitrogens with zero attached hydrogens (tertiary/aromatic N) is 1. The number of hydrogen-bond donors (Lipinski definition) is 2. The van der Waals surface area contributed by atoms with E-state index in [0.717, 1.165) is 19.6 Å². The van der Waals surface area contributed by atoms with E-state index in [0.29, 0.717) is 18.0 Å². The van der Waals surface area contributed by atoms with E-state index in [-0.39, 0.29) is 11.8 Å². The predicted octanol–water partition coefficient (Wildman–Crippen LogP) is 1.64. The smallest absolute Gasteiger partial charge is 0.269 e. The van der Waals surface area contributed by atoms with Gasteiger partial charge in [-0.2, -0.15) is 0 Å². The maximum Gasteiger partial charge on any atom is 0.269 e. The molecule has 1 heterocycles. The van der Waals surface area contributed by atoms with Crippen LogP contribution in [0.25, 0.3) is 0 Å². The van der Waals surface area contributed by atoms with Gasteiger partial charge in [-0.3, -0.25) is 10.1 Å². The first-order valence-corrected chi connectivity index (χ1v) is 6.82. The van der Waals surface area contributed by atoms with Crippen molar-refractivity contribution >= 4 is 5.69 Å². The standard InChI is InChI=1S/C14H20N2O4/c1-10-12(6-7-20-10)8-15-9-14(17)11-2-4-13(5-3-11)16(18)19/h2-5,10,12,14-15,17H,6-9H2,1H3. The van der Waals surface area contributed by atoms with Gasteiger partial charge in [-0.05, 0) is 37.0 Å². The molecular formula is C14H20N2O4. The van der Waals surface area contributed by atoms with Crippen LogP contribution in [0.4, 0.5) is 5.69 Å². The summed E-state index contributed by atoms with van der Waals surface area (Å²) in [7, 11) is 0. The topological polar surface area (TPSA) is 84.6 Å². The van der Waals surface area contributed by atoms with E-state index in [4.69, 9.17) is 4.74 Å². The van der Waals surface area contributed by atoms with Crippen molar-refractivity contribution in [1.29, 1.82) is 0 Å². The molecule has 1 aliphatic rings. The Morgan fingerprint density at radius 2 is 2.20 bits per heavy atom. The molecule has 1 aromatic rings. The summed E-state index contributed by atoms with van der Waals surface area (Å²) in [4.78, 5) is 10.1. The number of aliphatic hydroxyl groups is 1. The highest BCUT2D eigenvalue weighted by molar-refractivity contribution is 5.33. The summed E-state index contributed by atoms with van der Waals surface area (Å²) in [6, 6.07) is 5.99. The van der Waals surface area contributed by atoms with Crippen LogP contribution in [0.15, 0.2) is 24.3 Å². The highest BCUT2D eigenvalue weighted by Gasteiger charge is 2.23. The zero-order valence-electron chi connectivity index (χ0n) is 11.5. The molecule has 0 radical (unpaired) electrons. The zero-order valence-corrected chi connectivity index (χ0v) is 11.5. The van der Waals surface area contributed by atoms with E-state index in [1.54, 1.807) is 12.1 Å². The highest BCUT2D eigenvalue weighted by Crippen LogP contribution is 2.20. The number of hydrogen-bond acceptors (Lipinski definition) is 5. The molecule has 0 saturated carbocycles. The molecule has 1 aliphatic heterocycles. The molecule has 6 heteroatoms. The van der Waals surface area contributed by atoms with Gasteiger partial charge in [0.05, 0.1) is 17.1 Å². The fourth-order valence-electron chi connectivity index (χ4n) is 2.39. The Kier molecular flexibility index (Phi) is 5.05. The minimum absolute atomic E-state index is 0.0332. The van der Waals surface area contributed by atoms with Gasteiger partial charge in [-0.1, -0.05) is 0 Å². The number of ether oxygens (including phenoxy) is 1. The second-order valence-corrected chi connectivity index (χ2v) is 5.15. The van der Waals surface area contributed by atoms with E-state index in [9.17, 15) is 15.2 Å². The number of non-ortho nitro benzene ring substituents is 1. The minimum atomic E-state index is -0.659. The van der Waals surface area contributed by atoms with Crippen molar-refractivity contribution in [2.24, 2.45) is 5.92 Å². The number of rotatable bonds is 6. The molecule has 1 aromatic carbocycles. The van der Waals surface area contributed by atoms with Crippen molar-refractivity contribution in [3.63, 3.8) is 0 Å². The van der Waals surface area contributed by atoms with Gasteiger partial charge in [0.2, 0.25) is 0 Å². The second-order valence-electron chi connectivity index (χ2n) is 5.15. The maximum absolute atomic E-state index is 10.6. The largest absolute Gasteiger partial charge is 0.387 e. The van der Waals surface area contributed by atoms with Crippen LogP contribution in [-0.2, 0) is 4.74 Å². The monoisotopic (exact) mass is 280 g/mol. The Morgan fingerprint density at radius 1 is 1.50 bits per heavy atom. The molecule has 0 aliphatic carbocycles. The summed E-state index contributed by atoms with van der Waals surface area (Å²) < 4.78 is 5.48. The van der Waals surface area contributed by atoms with Gasteiger partial charge in [0.25, 0.3) is 5.69 Å². The van der Waals surface area contributed by atoms with Crippen molar-refractivity contribution in [2.45, 2.75) is 25.6 Å². The van der Waals surface area contributed by atoms with Crippen LogP contribution < -0.4 is 5.32 Å². The fourth-order valence-corrected chi connectivity index (χ4v) is 2.39. The Bertz CT molecular complexity index is 449. The number of nitrogens with one attached hydrogen (secondary N) is 1. The van der Waals surface area contributed by atoms with E-state index in [1.807, 2.05) is 0 Å². The van der Waals surface area contributed by atoms with Gasteiger partial charge in [-0.25, -0.2) is 0 Å². The summed E-state index contributed by atoms with van der Waals surface area (Å²) in [5.41, 5.74) is 0.713. The lowest BCUT2D eigenvalue weighted by Crippen LogP contribution is -2.30. The van der Waals surface area contributed by atoms with Gasteiger partial charge in [0.1, 0.15) is 0 Å². The molecule has 2 N–H and O–H groups in total. The molecule has 110 valence electrons. The maximum atomic E-state index is 10.6. The molecule has 0 aromatic heterocycles. The Labute approximate surface area is 117 Å². The van der Waals surface area contributed by atoms with Crippen molar-refractivity contribution < 1.29 is 14.8 Å². The third-order valence-electron chi connectivity index (χ3n) is 3.77. The highest BCUT2D eigenvalue weighted by atomic mass is 16.6. The molecule has 0 bridgehead atoms. The average molecular weight is 280 g/mol. The Balaban J connectivity index is 1.79. The van der Waals surface area contributed by atoms with Gasteiger partial charge < -0.3 is 15.2 Å². The molecule has 3 atom stereocenters. The molecule has 6 nitrogen and oxygen atoms in total. The molecule has 0 amide bonds. The van der Waals surface area contributed by atoms with Crippen molar-refractivity contribution in [3.8, 4) is 0 Å². The van der Waals surface area contributed by atoms with Crippen LogP contribution >= 0.6 is 0 Å². The van der Waals surface area contributed by atoms with E-state index in [1.165, 1.54) is 12.1 Å².